The van der Waals surface area contributed by atoms with Crippen LogP contribution in [-0.4, -0.2) is 494 Å². The second-order valence-corrected chi connectivity index (χ2v) is 28.1. The molecule has 9 fully saturated rings. The van der Waals surface area contributed by atoms with Gasteiger partial charge in [0.2, 0.25) is 17.7 Å². The molecule has 0 bridgehead atoms. The van der Waals surface area contributed by atoms with E-state index in [0.717, 1.165) is 20.8 Å². The zero-order valence-electron chi connectivity index (χ0n) is 60.1. The van der Waals surface area contributed by atoms with Crippen molar-refractivity contribution >= 4 is 17.7 Å². The lowest BCUT2D eigenvalue weighted by Gasteiger charge is -2.51. The fraction of sp³-hybridized carbons (Fsp3) is 0.952. The van der Waals surface area contributed by atoms with Gasteiger partial charge in [0.1, 0.15) is 220 Å². The van der Waals surface area contributed by atoms with Gasteiger partial charge in [0, 0.05) is 27.3 Å². The van der Waals surface area contributed by atoms with Gasteiger partial charge in [0.15, 0.2) is 56.6 Å². The number of carbonyl (C=O) groups excluding carboxylic acids is 3. The summed E-state index contributed by atoms with van der Waals surface area (Å²) >= 11 is 0. The van der Waals surface area contributed by atoms with Gasteiger partial charge >= 0.3 is 0 Å². The van der Waals surface area contributed by atoms with Crippen molar-refractivity contribution in [2.75, 3.05) is 72.6 Å². The minimum Gasteiger partial charge on any atom is -0.394 e. The van der Waals surface area contributed by atoms with E-state index in [9.17, 15) is 142 Å². The molecule has 30 N–H and O–H groups in total. The number of ether oxygens (including phenoxy) is 18. The summed E-state index contributed by atoms with van der Waals surface area (Å²) in [7, 11) is 0. The standard InChI is InChI=1S/C62H106N4O46/c1-15(74)64-27-36(83)48(22(10-71)102-54(27)95-5-4-63)107-55-28(65-16(2)75)37(84)50(24(12-73)103-55)109-61-47(94)52(111-62-53(42(89)33(80)21(9-70)101-62)112-56-29(66-17(3)76)38(85)49(23(11-72)104-56)108-59-44(91)40(87)31(78)19(7-68)99-59)35(82)26(106-61)14-97-58-46(93)51(110-60-45(92)41(88)32(79)20(8-69)100-60)34(81)25(105-58)13-96-57-43(90)39(86)30(77)18(6-67)98-57/h18-62,67-73,77-94H,4-14,63H2,1-3H3,(H,64,74)(H,65,75)(H,66,76)/t18?,19?,20?,21?,22?,23?,24?,25?,26?,27?,28?,29?,30-,31+,32-,33-,34-,35-,36-,37-,38-,39+,40+,41?,42?,43?,44?,45?,46?,47?,48-,49-,50-,51+,52+,53?,54-,55+,56+,57+,58+,59+,60-,61+,62-/m1/s1. The van der Waals surface area contributed by atoms with Crippen LogP contribution in [0.3, 0.4) is 0 Å². The number of nitrogens with two attached hydrogens (primary N) is 1. The monoisotopic (exact) mass is 1640 g/mol. The summed E-state index contributed by atoms with van der Waals surface area (Å²) in [4.78, 5) is 38.4. The average Bonchev–Trinajstić information content (AvgIpc) is 0.777. The molecule has 45 atom stereocenters. The Balaban J connectivity index is 1.06. The summed E-state index contributed by atoms with van der Waals surface area (Å²) in [5.41, 5.74) is 5.61. The number of aliphatic hydroxyl groups is 25. The first-order chi connectivity index (χ1) is 53.1. The fourth-order valence-electron chi connectivity index (χ4n) is 14.3. The van der Waals surface area contributed by atoms with Gasteiger partial charge in [-0.2, -0.15) is 0 Å². The Labute approximate surface area is 634 Å². The van der Waals surface area contributed by atoms with Crippen molar-refractivity contribution in [3.05, 3.63) is 0 Å². The molecular formula is C62H106N4O46. The van der Waals surface area contributed by atoms with Gasteiger partial charge in [0.25, 0.3) is 0 Å². The predicted molar refractivity (Wildman–Crippen MR) is 345 cm³/mol. The highest BCUT2D eigenvalue weighted by Gasteiger charge is 2.61. The molecule has 20 unspecified atom stereocenters. The Bertz CT molecular complexity index is 2900. The summed E-state index contributed by atoms with van der Waals surface area (Å²) < 4.78 is 106. The van der Waals surface area contributed by atoms with Gasteiger partial charge in [-0.1, -0.05) is 0 Å². The SMILES string of the molecule is CC(=O)NC1[C@H](OCCN)OC(CO)[C@@H](O[C@@H]2OC(CO)[C@@H](O[C@@H]3OC(CO[C@H]4OC(CO[C@H]5OC(CO)[C@@H](O)[C@H](O)C5O)[C@@H](O)[C@H](O[C@H]5OC(CO)[C@@H](O)C(O)C5O)C4O)[C@@H](O)[C@H](O[C@H]4OC(CO)[C@@H](O)C(O)C4O[C@@H]4OC(CO)[C@@H](O[C@@H]5OC(CO)[C@H](O)[C@H](O)C5O)[C@H](O)C4NC(C)=O)C3O)[C@H](O)C2NC(C)=O)[C@@H]1O. The molecule has 9 saturated heterocycles. The van der Waals surface area contributed by atoms with Crippen LogP contribution in [0.5, 0.6) is 0 Å². The minimum atomic E-state index is -2.57. The maximum Gasteiger partial charge on any atom is 0.217 e. The normalized spacial score (nSPS) is 49.0. The molecule has 0 aromatic rings. The lowest BCUT2D eigenvalue weighted by molar-refractivity contribution is -0.398. The van der Waals surface area contributed by atoms with E-state index in [1.54, 1.807) is 0 Å². The molecular weight excluding hydrogens is 1540 g/mol. The lowest BCUT2D eigenvalue weighted by Crippen LogP contribution is -2.71. The third kappa shape index (κ3) is 20.6. The number of nitrogens with one attached hydrogen (secondary N) is 3. The Hall–Kier alpha value is -3.35. The number of carbonyl (C=O) groups is 3. The van der Waals surface area contributed by atoms with Gasteiger partial charge in [-0.15, -0.1) is 0 Å². The van der Waals surface area contributed by atoms with Crippen molar-refractivity contribution < 1.29 is 227 Å². The molecule has 50 heteroatoms. The molecule has 0 spiro atoms. The van der Waals surface area contributed by atoms with Crippen LogP contribution in [0.2, 0.25) is 0 Å². The summed E-state index contributed by atoms with van der Waals surface area (Å²) in [6, 6.07) is -5.32. The fourth-order valence-corrected chi connectivity index (χ4v) is 14.3. The Kier molecular flexibility index (Phi) is 33.9. The van der Waals surface area contributed by atoms with E-state index in [-0.39, 0.29) is 13.2 Å². The zero-order valence-corrected chi connectivity index (χ0v) is 60.1. The van der Waals surface area contributed by atoms with Crippen molar-refractivity contribution in [1.29, 1.82) is 0 Å². The lowest BCUT2D eigenvalue weighted by atomic mass is 9.93. The maximum absolute atomic E-state index is 13.1. The molecule has 50 nitrogen and oxygen atoms in total. The van der Waals surface area contributed by atoms with Crippen LogP contribution < -0.4 is 21.7 Å². The Morgan fingerprint density at radius 3 is 0.893 bits per heavy atom. The van der Waals surface area contributed by atoms with E-state index < -0.39 is 353 Å². The van der Waals surface area contributed by atoms with Crippen molar-refractivity contribution in [3.8, 4) is 0 Å². The quantitative estimate of drug-likeness (QED) is 0.0306. The number of hydrogen-bond donors (Lipinski definition) is 29. The zero-order chi connectivity index (χ0) is 82.3. The molecule has 650 valence electrons. The number of rotatable bonds is 31. The molecule has 3 amide bonds. The van der Waals surface area contributed by atoms with Crippen molar-refractivity contribution in [3.63, 3.8) is 0 Å². The molecule has 0 aromatic heterocycles. The summed E-state index contributed by atoms with van der Waals surface area (Å²) in [6.45, 7) is -6.84. The van der Waals surface area contributed by atoms with E-state index in [0.29, 0.717) is 0 Å². The molecule has 9 aliphatic rings. The first-order valence-corrected chi connectivity index (χ1v) is 35.8. The van der Waals surface area contributed by atoms with E-state index in [1.165, 1.54) is 0 Å². The molecule has 9 aliphatic heterocycles. The van der Waals surface area contributed by atoms with Crippen LogP contribution in [0, 0.1) is 0 Å². The van der Waals surface area contributed by atoms with Gasteiger partial charge in [-0.05, 0) is 0 Å². The number of hydrogen-bond acceptors (Lipinski definition) is 47. The first-order valence-electron chi connectivity index (χ1n) is 35.8. The molecule has 0 aromatic carbocycles. The summed E-state index contributed by atoms with van der Waals surface area (Å²) in [5, 5.41) is 284. The first kappa shape index (κ1) is 92.5. The van der Waals surface area contributed by atoms with Crippen LogP contribution in [0.15, 0.2) is 0 Å². The van der Waals surface area contributed by atoms with Gasteiger partial charge < -0.3 is 235 Å². The topological polar surface area (TPSA) is 785 Å². The van der Waals surface area contributed by atoms with Crippen LogP contribution >= 0.6 is 0 Å². The van der Waals surface area contributed by atoms with Crippen LogP contribution in [0.25, 0.3) is 0 Å². The van der Waals surface area contributed by atoms with Gasteiger partial charge in [-0.25, -0.2) is 0 Å². The number of amides is 3. The van der Waals surface area contributed by atoms with Crippen LogP contribution in [0.1, 0.15) is 20.8 Å². The van der Waals surface area contributed by atoms with E-state index in [2.05, 4.69) is 16.0 Å². The van der Waals surface area contributed by atoms with E-state index in [1.807, 2.05) is 0 Å². The largest absolute Gasteiger partial charge is 0.394 e. The summed E-state index contributed by atoms with van der Waals surface area (Å²) in [6.07, 6.45) is -86.7. The third-order valence-corrected chi connectivity index (χ3v) is 20.3. The highest BCUT2D eigenvalue weighted by atomic mass is 16.8. The molecule has 0 aliphatic carbocycles. The van der Waals surface area contributed by atoms with E-state index in [4.69, 9.17) is 91.0 Å². The third-order valence-electron chi connectivity index (χ3n) is 20.3. The molecule has 9 heterocycles. The van der Waals surface area contributed by atoms with Gasteiger partial charge in [0.05, 0.1) is 66.1 Å². The molecule has 9 rings (SSSR count). The van der Waals surface area contributed by atoms with Crippen LogP contribution in [0.4, 0.5) is 0 Å². The second kappa shape index (κ2) is 41.1. The van der Waals surface area contributed by atoms with Crippen molar-refractivity contribution in [1.82, 2.24) is 16.0 Å². The minimum absolute atomic E-state index is 0.0693. The highest BCUT2D eigenvalue weighted by molar-refractivity contribution is 5.74. The number of aliphatic hydroxyl groups excluding tert-OH is 25. The van der Waals surface area contributed by atoms with Crippen molar-refractivity contribution in [2.45, 2.75) is 297 Å². The van der Waals surface area contributed by atoms with E-state index >= 15 is 0 Å². The summed E-state index contributed by atoms with van der Waals surface area (Å²) in [5.74, 6) is -2.60. The van der Waals surface area contributed by atoms with Gasteiger partial charge in [-0.3, -0.25) is 14.4 Å². The molecule has 0 radical (unpaired) electrons. The highest BCUT2D eigenvalue weighted by Crippen LogP contribution is 2.40. The second-order valence-electron chi connectivity index (χ2n) is 28.1. The van der Waals surface area contributed by atoms with Crippen molar-refractivity contribution in [2.24, 2.45) is 5.73 Å². The predicted octanol–water partition coefficient (Wildman–Crippen LogP) is -20.2. The smallest absolute Gasteiger partial charge is 0.217 e. The average molecular weight is 1640 g/mol. The molecule has 0 saturated carbocycles. The Morgan fingerprint density at radius 2 is 0.518 bits per heavy atom. The van der Waals surface area contributed by atoms with Crippen LogP contribution in [-0.2, 0) is 99.6 Å². The maximum atomic E-state index is 13.1. The Morgan fingerprint density at radius 1 is 0.259 bits per heavy atom. The molecule has 112 heavy (non-hydrogen) atoms.